The zero-order valence-corrected chi connectivity index (χ0v) is 10.7. The predicted octanol–water partition coefficient (Wildman–Crippen LogP) is 2.55. The van der Waals surface area contributed by atoms with E-state index in [4.69, 9.17) is 9.15 Å². The first kappa shape index (κ1) is 10.7. The van der Waals surface area contributed by atoms with Gasteiger partial charge < -0.3 is 9.15 Å². The quantitative estimate of drug-likeness (QED) is 0.608. The van der Waals surface area contributed by atoms with Crippen LogP contribution >= 0.6 is 0 Å². The third-order valence-corrected chi connectivity index (χ3v) is 5.16. The van der Waals surface area contributed by atoms with Gasteiger partial charge in [0.2, 0.25) is 5.89 Å². The molecule has 2 aliphatic carbocycles. The topological polar surface area (TPSA) is 55.6 Å². The number of epoxide rings is 1. The molecule has 3 aliphatic rings. The largest absolute Gasteiger partial charge is 0.448 e. The number of Topliss-reactive ketones (excluding diaryl/α,β-unsaturated/α-hetero) is 1. The average Bonchev–Trinajstić information content (AvgIpc) is 2.75. The predicted molar refractivity (Wildman–Crippen MR) is 63.4 cm³/mol. The van der Waals surface area contributed by atoms with Crippen LogP contribution in [0.15, 0.2) is 10.7 Å². The van der Waals surface area contributed by atoms with Gasteiger partial charge in [-0.2, -0.15) is 0 Å². The van der Waals surface area contributed by atoms with Crippen molar-refractivity contribution in [2.75, 3.05) is 0 Å². The molecule has 0 aromatic carbocycles. The van der Waals surface area contributed by atoms with Gasteiger partial charge in [-0.3, -0.25) is 4.79 Å². The number of ketones is 1. The summed E-state index contributed by atoms with van der Waals surface area (Å²) >= 11 is 0. The molecule has 1 aromatic rings. The fourth-order valence-corrected chi connectivity index (χ4v) is 4.37. The average molecular weight is 247 g/mol. The number of oxazole rings is 1. The molecule has 1 aliphatic heterocycles. The number of nitrogens with zero attached hydrogens (tertiary/aromatic N) is 1. The van der Waals surface area contributed by atoms with Gasteiger partial charge in [-0.25, -0.2) is 4.98 Å². The van der Waals surface area contributed by atoms with Gasteiger partial charge in [-0.15, -0.1) is 0 Å². The first-order chi connectivity index (χ1) is 8.68. The molecule has 18 heavy (non-hydrogen) atoms. The van der Waals surface area contributed by atoms with Crippen molar-refractivity contribution in [3.8, 4) is 0 Å². The van der Waals surface area contributed by atoms with Gasteiger partial charge in [-0.1, -0.05) is 13.3 Å². The van der Waals surface area contributed by atoms with E-state index in [0.29, 0.717) is 29.5 Å². The number of rotatable bonds is 3. The number of hydrogen-bond acceptors (Lipinski definition) is 4. The maximum absolute atomic E-state index is 11.3. The second-order valence-electron chi connectivity index (χ2n) is 5.82. The third-order valence-electron chi connectivity index (χ3n) is 5.16. The highest BCUT2D eigenvalue weighted by atomic mass is 16.6. The monoisotopic (exact) mass is 247 g/mol. The summed E-state index contributed by atoms with van der Waals surface area (Å²) in [5.41, 5.74) is 0.467. The minimum Gasteiger partial charge on any atom is -0.448 e. The molecule has 2 heterocycles. The van der Waals surface area contributed by atoms with Crippen LogP contribution in [0.5, 0.6) is 0 Å². The van der Waals surface area contributed by atoms with E-state index >= 15 is 0 Å². The molecule has 0 bridgehead atoms. The Morgan fingerprint density at radius 3 is 3.00 bits per heavy atom. The minimum absolute atomic E-state index is 0.0274. The molecule has 1 aromatic heterocycles. The van der Waals surface area contributed by atoms with Crippen LogP contribution in [-0.2, 0) is 4.74 Å². The highest BCUT2D eigenvalue weighted by Gasteiger charge is 2.79. The van der Waals surface area contributed by atoms with E-state index in [1.165, 1.54) is 26.0 Å². The van der Waals surface area contributed by atoms with Crippen molar-refractivity contribution in [1.82, 2.24) is 4.98 Å². The summed E-state index contributed by atoms with van der Waals surface area (Å²) in [6, 6.07) is 0. The van der Waals surface area contributed by atoms with Crippen LogP contribution in [0.2, 0.25) is 0 Å². The zero-order chi connectivity index (χ0) is 12.5. The van der Waals surface area contributed by atoms with Crippen molar-refractivity contribution in [3.63, 3.8) is 0 Å². The van der Waals surface area contributed by atoms with Crippen molar-refractivity contribution in [1.29, 1.82) is 0 Å². The summed E-state index contributed by atoms with van der Waals surface area (Å²) in [6.07, 6.45) is 5.49. The Hall–Kier alpha value is -1.16. The summed E-state index contributed by atoms with van der Waals surface area (Å²) in [5.74, 6) is 2.24. The second kappa shape index (κ2) is 3.23. The van der Waals surface area contributed by atoms with E-state index in [-0.39, 0.29) is 17.3 Å². The molecule has 3 fully saturated rings. The molecular formula is C14H17NO3. The van der Waals surface area contributed by atoms with Crippen LogP contribution in [0.4, 0.5) is 0 Å². The van der Waals surface area contributed by atoms with Gasteiger partial charge in [0.15, 0.2) is 5.78 Å². The van der Waals surface area contributed by atoms with Crippen LogP contribution in [0.3, 0.4) is 0 Å². The molecule has 0 N–H and O–H groups in total. The molecule has 4 nitrogen and oxygen atoms in total. The van der Waals surface area contributed by atoms with Crippen molar-refractivity contribution in [3.05, 3.63) is 17.8 Å². The Morgan fingerprint density at radius 1 is 1.56 bits per heavy atom. The van der Waals surface area contributed by atoms with Gasteiger partial charge in [0, 0.05) is 6.92 Å². The van der Waals surface area contributed by atoms with Crippen LogP contribution in [0.1, 0.15) is 55.4 Å². The van der Waals surface area contributed by atoms with Gasteiger partial charge in [0.1, 0.15) is 17.6 Å². The minimum atomic E-state index is -0.0360. The zero-order valence-electron chi connectivity index (χ0n) is 10.7. The van der Waals surface area contributed by atoms with E-state index in [9.17, 15) is 4.79 Å². The van der Waals surface area contributed by atoms with Crippen LogP contribution in [0, 0.1) is 11.8 Å². The Balaban J connectivity index is 1.69. The lowest BCUT2D eigenvalue weighted by atomic mass is 9.56. The molecule has 1 saturated heterocycles. The summed E-state index contributed by atoms with van der Waals surface area (Å²) in [7, 11) is 0. The summed E-state index contributed by atoms with van der Waals surface area (Å²) in [4.78, 5) is 15.7. The van der Waals surface area contributed by atoms with Gasteiger partial charge in [0.25, 0.3) is 0 Å². The molecule has 0 amide bonds. The lowest BCUT2D eigenvalue weighted by Crippen LogP contribution is -2.51. The lowest BCUT2D eigenvalue weighted by molar-refractivity contribution is -0.0217. The Morgan fingerprint density at radius 2 is 2.39 bits per heavy atom. The van der Waals surface area contributed by atoms with Gasteiger partial charge in [-0.05, 0) is 24.7 Å². The van der Waals surface area contributed by atoms with Crippen molar-refractivity contribution in [2.24, 2.45) is 11.8 Å². The lowest BCUT2D eigenvalue weighted by Gasteiger charge is -2.47. The first-order valence-corrected chi connectivity index (χ1v) is 6.82. The molecule has 4 heteroatoms. The summed E-state index contributed by atoms with van der Waals surface area (Å²) in [5, 5.41) is 0. The number of hydrogen-bond donors (Lipinski definition) is 0. The van der Waals surface area contributed by atoms with Crippen LogP contribution < -0.4 is 0 Å². The maximum Gasteiger partial charge on any atom is 0.201 e. The molecule has 4 rings (SSSR count). The number of ether oxygens (including phenoxy) is 1. The third kappa shape index (κ3) is 1.06. The Kier molecular flexibility index (Phi) is 1.93. The van der Waals surface area contributed by atoms with Crippen molar-refractivity contribution < 1.29 is 13.9 Å². The van der Waals surface area contributed by atoms with E-state index < -0.39 is 0 Å². The standard InChI is InChI=1S/C14H17NO3/c1-3-8-9-4-5-11-14(9,18-11)12(8)13-15-10(6-17-13)7(2)16/h6,8-9,11-12H,3-5H2,1-2H3. The molecule has 0 radical (unpaired) electrons. The van der Waals surface area contributed by atoms with E-state index in [1.54, 1.807) is 0 Å². The SMILES string of the molecule is CCC1C2CCC3OC32C1c1nc(C(C)=O)co1. The van der Waals surface area contributed by atoms with Crippen LogP contribution in [-0.4, -0.2) is 22.5 Å². The summed E-state index contributed by atoms with van der Waals surface area (Å²) < 4.78 is 11.5. The smallest absolute Gasteiger partial charge is 0.201 e. The molecule has 96 valence electrons. The Bertz CT molecular complexity index is 523. The van der Waals surface area contributed by atoms with E-state index in [2.05, 4.69) is 11.9 Å². The fraction of sp³-hybridized carbons (Fsp3) is 0.714. The second-order valence-corrected chi connectivity index (χ2v) is 5.82. The summed E-state index contributed by atoms with van der Waals surface area (Å²) in [6.45, 7) is 3.74. The molecule has 2 saturated carbocycles. The first-order valence-electron chi connectivity index (χ1n) is 6.82. The fourth-order valence-electron chi connectivity index (χ4n) is 4.37. The molecule has 5 unspecified atom stereocenters. The van der Waals surface area contributed by atoms with Crippen molar-refractivity contribution in [2.45, 2.75) is 50.7 Å². The highest BCUT2D eigenvalue weighted by Crippen LogP contribution is 2.74. The van der Waals surface area contributed by atoms with E-state index in [0.717, 1.165) is 6.42 Å². The molecular weight excluding hydrogens is 230 g/mol. The van der Waals surface area contributed by atoms with Gasteiger partial charge >= 0.3 is 0 Å². The number of aromatic nitrogens is 1. The maximum atomic E-state index is 11.3. The van der Waals surface area contributed by atoms with Crippen LogP contribution in [0.25, 0.3) is 0 Å². The van der Waals surface area contributed by atoms with Crippen molar-refractivity contribution >= 4 is 5.78 Å². The highest BCUT2D eigenvalue weighted by molar-refractivity contribution is 5.91. The molecule has 1 spiro atoms. The molecule has 5 atom stereocenters. The normalized spacial score (nSPS) is 44.1. The van der Waals surface area contributed by atoms with E-state index in [1.807, 2.05) is 0 Å². The number of carbonyl (C=O) groups is 1. The number of carbonyl (C=O) groups excluding carboxylic acids is 1. The van der Waals surface area contributed by atoms with Gasteiger partial charge in [0.05, 0.1) is 12.0 Å². The Labute approximate surface area is 106 Å².